The van der Waals surface area contributed by atoms with Crippen LogP contribution in [0, 0.1) is 6.92 Å². The minimum Gasteiger partial charge on any atom is -0.339 e. The molecule has 23 heavy (non-hydrogen) atoms. The summed E-state index contributed by atoms with van der Waals surface area (Å²) in [7, 11) is 0. The second-order valence-electron chi connectivity index (χ2n) is 5.44. The third-order valence-electron chi connectivity index (χ3n) is 3.92. The number of nitrogens with zero attached hydrogens (tertiary/aromatic N) is 4. The maximum Gasteiger partial charge on any atom is 0.276 e. The first kappa shape index (κ1) is 14.2. The first-order valence-corrected chi connectivity index (χ1v) is 8.05. The van der Waals surface area contributed by atoms with E-state index < -0.39 is 0 Å². The summed E-state index contributed by atoms with van der Waals surface area (Å²) in [6.07, 6.45) is 2.79. The second-order valence-corrected chi connectivity index (χ2v) is 5.82. The smallest absolute Gasteiger partial charge is 0.276 e. The van der Waals surface area contributed by atoms with E-state index in [9.17, 15) is 0 Å². The van der Waals surface area contributed by atoms with Crippen LogP contribution in [0.1, 0.15) is 12.2 Å². The molecule has 116 valence electrons. The molecule has 0 amide bonds. The number of rotatable bonds is 4. The lowest BCUT2D eigenvalue weighted by atomic mass is 10.1. The lowest BCUT2D eigenvalue weighted by molar-refractivity contribution is 0.424. The van der Waals surface area contributed by atoms with E-state index in [0.29, 0.717) is 23.3 Å². The molecule has 0 aliphatic rings. The summed E-state index contributed by atoms with van der Waals surface area (Å²) >= 11 is 5.87. The van der Waals surface area contributed by atoms with E-state index in [1.165, 1.54) is 10.9 Å². The molecule has 4 rings (SSSR count). The molecule has 0 N–H and O–H groups in total. The number of aromatic nitrogens is 4. The molecular formula is C17H15ClN4O. The fraction of sp³-hybridized carbons (Fsp3) is 0.235. The van der Waals surface area contributed by atoms with Crippen molar-refractivity contribution in [1.29, 1.82) is 0 Å². The number of alkyl halides is 1. The van der Waals surface area contributed by atoms with Crippen LogP contribution in [-0.2, 0) is 6.54 Å². The molecule has 6 heteroatoms. The van der Waals surface area contributed by atoms with Crippen molar-refractivity contribution in [3.63, 3.8) is 0 Å². The lowest BCUT2D eigenvalue weighted by Gasteiger charge is -2.05. The molecular weight excluding hydrogens is 312 g/mol. The highest BCUT2D eigenvalue weighted by molar-refractivity contribution is 6.17. The van der Waals surface area contributed by atoms with E-state index in [1.54, 1.807) is 6.92 Å². The van der Waals surface area contributed by atoms with Crippen molar-refractivity contribution in [2.75, 3.05) is 5.88 Å². The Balaban J connectivity index is 1.95. The number of hydrogen-bond acceptors (Lipinski definition) is 4. The standard InChI is InChI=1S/C17H15ClN4O/c1-11-20-17(23-21-11)14-9-13-12-5-2-3-6-15(12)22(8-4-7-18)16(13)10-19-14/h2-3,5-6,9-10H,4,7-8H2,1H3. The number of fused-ring (bicyclic) bond motifs is 3. The van der Waals surface area contributed by atoms with E-state index >= 15 is 0 Å². The number of hydrogen-bond donors (Lipinski definition) is 0. The SMILES string of the molecule is Cc1noc(-c2cc3c4ccccc4n(CCCCl)c3cn2)n1. The van der Waals surface area contributed by atoms with Crippen LogP contribution >= 0.6 is 11.6 Å². The summed E-state index contributed by atoms with van der Waals surface area (Å²) in [6, 6.07) is 10.4. The van der Waals surface area contributed by atoms with Gasteiger partial charge in [0.05, 0.1) is 11.7 Å². The fourth-order valence-electron chi connectivity index (χ4n) is 2.92. The molecule has 0 radical (unpaired) electrons. The third-order valence-corrected chi connectivity index (χ3v) is 4.19. The summed E-state index contributed by atoms with van der Waals surface area (Å²) in [5.74, 6) is 1.69. The molecule has 0 aliphatic carbocycles. The van der Waals surface area contributed by atoms with Gasteiger partial charge in [-0.2, -0.15) is 4.98 Å². The highest BCUT2D eigenvalue weighted by Crippen LogP contribution is 2.31. The molecule has 0 atom stereocenters. The molecule has 1 aromatic carbocycles. The van der Waals surface area contributed by atoms with Gasteiger partial charge in [-0.1, -0.05) is 23.4 Å². The van der Waals surface area contributed by atoms with Crippen LogP contribution in [-0.4, -0.2) is 25.6 Å². The van der Waals surface area contributed by atoms with Crippen LogP contribution in [0.4, 0.5) is 0 Å². The quantitative estimate of drug-likeness (QED) is 0.528. The van der Waals surface area contributed by atoms with Gasteiger partial charge in [0.2, 0.25) is 0 Å². The Labute approximate surface area is 137 Å². The minimum atomic E-state index is 0.446. The van der Waals surface area contributed by atoms with Crippen molar-refractivity contribution in [1.82, 2.24) is 19.7 Å². The van der Waals surface area contributed by atoms with Crippen molar-refractivity contribution >= 4 is 33.4 Å². The van der Waals surface area contributed by atoms with Crippen molar-refractivity contribution in [2.45, 2.75) is 19.9 Å². The van der Waals surface area contributed by atoms with E-state index in [4.69, 9.17) is 16.1 Å². The van der Waals surface area contributed by atoms with E-state index in [2.05, 4.69) is 31.8 Å². The predicted octanol–water partition coefficient (Wildman–Crippen LogP) is 4.18. The normalized spacial score (nSPS) is 11.6. The Morgan fingerprint density at radius 3 is 2.83 bits per heavy atom. The Morgan fingerprint density at radius 2 is 2.04 bits per heavy atom. The van der Waals surface area contributed by atoms with Gasteiger partial charge in [0.1, 0.15) is 5.69 Å². The summed E-state index contributed by atoms with van der Waals surface area (Å²) in [6.45, 7) is 2.66. The Morgan fingerprint density at radius 1 is 1.17 bits per heavy atom. The molecule has 0 fully saturated rings. The molecule has 0 saturated heterocycles. The molecule has 0 bridgehead atoms. The van der Waals surface area contributed by atoms with Crippen LogP contribution < -0.4 is 0 Å². The zero-order valence-electron chi connectivity index (χ0n) is 12.7. The Bertz CT molecular complexity index is 989. The van der Waals surface area contributed by atoms with Gasteiger partial charge in [-0.15, -0.1) is 11.6 Å². The maximum absolute atomic E-state index is 5.87. The van der Waals surface area contributed by atoms with E-state index in [-0.39, 0.29) is 0 Å². The Hall–Kier alpha value is -2.40. The van der Waals surface area contributed by atoms with Crippen molar-refractivity contribution < 1.29 is 4.52 Å². The number of benzene rings is 1. The van der Waals surface area contributed by atoms with Crippen LogP contribution in [0.25, 0.3) is 33.4 Å². The Kier molecular flexibility index (Phi) is 3.50. The summed E-state index contributed by atoms with van der Waals surface area (Å²) < 4.78 is 7.50. The van der Waals surface area contributed by atoms with Crippen LogP contribution in [0.3, 0.4) is 0 Å². The molecule has 4 aromatic rings. The largest absolute Gasteiger partial charge is 0.339 e. The first-order chi connectivity index (χ1) is 11.3. The van der Waals surface area contributed by atoms with Gasteiger partial charge >= 0.3 is 0 Å². The predicted molar refractivity (Wildman–Crippen MR) is 90.6 cm³/mol. The van der Waals surface area contributed by atoms with Gasteiger partial charge < -0.3 is 9.09 Å². The molecule has 5 nitrogen and oxygen atoms in total. The van der Waals surface area contributed by atoms with E-state index in [1.807, 2.05) is 24.4 Å². The summed E-state index contributed by atoms with van der Waals surface area (Å²) in [4.78, 5) is 8.76. The zero-order chi connectivity index (χ0) is 15.8. The van der Waals surface area contributed by atoms with Gasteiger partial charge in [0.15, 0.2) is 5.82 Å². The highest BCUT2D eigenvalue weighted by Gasteiger charge is 2.14. The summed E-state index contributed by atoms with van der Waals surface area (Å²) in [5, 5.41) is 6.16. The molecule has 0 spiro atoms. The van der Waals surface area contributed by atoms with Crippen LogP contribution in [0.5, 0.6) is 0 Å². The fourth-order valence-corrected chi connectivity index (χ4v) is 3.04. The van der Waals surface area contributed by atoms with E-state index in [0.717, 1.165) is 23.9 Å². The van der Waals surface area contributed by atoms with Crippen LogP contribution in [0.15, 0.2) is 41.1 Å². The molecule has 0 aliphatic heterocycles. The van der Waals surface area contributed by atoms with Crippen molar-refractivity contribution in [3.8, 4) is 11.6 Å². The molecule has 3 aromatic heterocycles. The zero-order valence-corrected chi connectivity index (χ0v) is 13.4. The number of halogens is 1. The molecule has 0 unspecified atom stereocenters. The van der Waals surface area contributed by atoms with Crippen molar-refractivity contribution in [3.05, 3.63) is 42.4 Å². The van der Waals surface area contributed by atoms with Gasteiger partial charge in [-0.3, -0.25) is 0 Å². The molecule has 0 saturated carbocycles. The number of aryl methyl sites for hydroxylation is 2. The number of para-hydroxylation sites is 1. The van der Waals surface area contributed by atoms with Gasteiger partial charge in [-0.05, 0) is 25.5 Å². The van der Waals surface area contributed by atoms with Crippen molar-refractivity contribution in [2.24, 2.45) is 0 Å². The number of pyridine rings is 1. The summed E-state index contributed by atoms with van der Waals surface area (Å²) in [5.41, 5.74) is 2.97. The molecule has 3 heterocycles. The first-order valence-electron chi connectivity index (χ1n) is 7.51. The topological polar surface area (TPSA) is 56.7 Å². The highest BCUT2D eigenvalue weighted by atomic mass is 35.5. The average Bonchev–Trinajstić information content (AvgIpc) is 3.14. The second kappa shape index (κ2) is 5.66. The third kappa shape index (κ3) is 2.37. The van der Waals surface area contributed by atoms with Crippen LogP contribution in [0.2, 0.25) is 0 Å². The van der Waals surface area contributed by atoms with Gasteiger partial charge in [0, 0.05) is 28.7 Å². The average molecular weight is 327 g/mol. The minimum absolute atomic E-state index is 0.446. The van der Waals surface area contributed by atoms with Gasteiger partial charge in [0.25, 0.3) is 5.89 Å². The lowest BCUT2D eigenvalue weighted by Crippen LogP contribution is -1.98. The maximum atomic E-state index is 5.87. The van der Waals surface area contributed by atoms with Gasteiger partial charge in [-0.25, -0.2) is 4.98 Å². The monoisotopic (exact) mass is 326 g/mol.